The third-order valence-corrected chi connectivity index (χ3v) is 3.98. The fraction of sp³-hybridized carbons (Fsp3) is 0.118. The number of fused-ring (bicyclic) bond motifs is 5. The van der Waals surface area contributed by atoms with Crippen molar-refractivity contribution >= 4 is 32.7 Å². The van der Waals surface area contributed by atoms with E-state index >= 15 is 0 Å². The van der Waals surface area contributed by atoms with E-state index in [1.165, 1.54) is 11.8 Å². The van der Waals surface area contributed by atoms with Gasteiger partial charge < -0.3 is 14.6 Å². The lowest BCUT2D eigenvalue weighted by molar-refractivity contribution is 0.170. The number of hydrogen-bond donors (Lipinski definition) is 1. The number of aromatic nitrogens is 2. The summed E-state index contributed by atoms with van der Waals surface area (Å²) in [5.41, 5.74) is 1.94. The Balaban J connectivity index is 2.33. The van der Waals surface area contributed by atoms with E-state index in [2.05, 4.69) is 4.98 Å². The topological polar surface area (TPSA) is 56.2 Å². The quantitative estimate of drug-likeness (QED) is 0.618. The van der Waals surface area contributed by atoms with Gasteiger partial charge in [0.2, 0.25) is 0 Å². The Morgan fingerprint density at radius 3 is 2.64 bits per heavy atom. The van der Waals surface area contributed by atoms with Crippen molar-refractivity contribution in [3.63, 3.8) is 0 Å². The summed E-state index contributed by atoms with van der Waals surface area (Å²) in [4.78, 5) is 21.2. The summed E-state index contributed by atoms with van der Waals surface area (Å²) >= 11 is 0. The van der Waals surface area contributed by atoms with Gasteiger partial charge in [-0.15, -0.1) is 4.73 Å². The van der Waals surface area contributed by atoms with Crippen LogP contribution in [0.5, 0.6) is 5.75 Å². The van der Waals surface area contributed by atoms with Crippen LogP contribution in [0, 0.1) is 0 Å². The minimum Gasteiger partial charge on any atom is -0.497 e. The number of benzene rings is 2. The lowest BCUT2D eigenvalue weighted by atomic mass is 10.1. The minimum atomic E-state index is -0.213. The Hall–Kier alpha value is -2.95. The number of rotatable bonds is 2. The fourth-order valence-electron chi connectivity index (χ4n) is 2.99. The zero-order chi connectivity index (χ0) is 15.3. The molecule has 0 aliphatic heterocycles. The number of methoxy groups -OCH3 is 1. The molecule has 1 N–H and O–H groups in total. The molecule has 0 saturated heterocycles. The van der Waals surface area contributed by atoms with E-state index in [9.17, 15) is 4.79 Å². The van der Waals surface area contributed by atoms with Gasteiger partial charge >= 0.3 is 5.56 Å². The van der Waals surface area contributed by atoms with Gasteiger partial charge in [-0.3, -0.25) is 4.79 Å². The minimum absolute atomic E-state index is 0.213. The zero-order valence-corrected chi connectivity index (χ0v) is 12.2. The van der Waals surface area contributed by atoms with Crippen molar-refractivity contribution in [2.24, 2.45) is 0 Å². The van der Waals surface area contributed by atoms with Crippen LogP contribution in [-0.2, 0) is 0 Å². The smallest absolute Gasteiger partial charge is 0.307 e. The summed E-state index contributed by atoms with van der Waals surface area (Å²) in [6.07, 6.45) is 0. The third kappa shape index (κ3) is 1.56. The summed E-state index contributed by atoms with van der Waals surface area (Å²) in [6, 6.07) is 13.5. The molecular weight excluding hydrogens is 280 g/mol. The van der Waals surface area contributed by atoms with Crippen LogP contribution in [0.4, 0.5) is 0 Å². The Labute approximate surface area is 125 Å². The molecule has 0 amide bonds. The first-order valence-electron chi connectivity index (χ1n) is 6.92. The molecule has 0 aliphatic rings. The average Bonchev–Trinajstić information content (AvgIpc) is 2.95. The summed E-state index contributed by atoms with van der Waals surface area (Å²) in [6.45, 7) is 0. The van der Waals surface area contributed by atoms with Gasteiger partial charge in [0.25, 0.3) is 0 Å². The third-order valence-electron chi connectivity index (χ3n) is 3.98. The van der Waals surface area contributed by atoms with Crippen LogP contribution >= 0.6 is 0 Å². The summed E-state index contributed by atoms with van der Waals surface area (Å²) in [5, 5.41) is 2.87. The maximum atomic E-state index is 12.7. The molecule has 110 valence electrons. The number of H-pyrrole nitrogens is 1. The molecule has 0 radical (unpaired) electrons. The molecule has 0 aliphatic carbocycles. The zero-order valence-electron chi connectivity index (χ0n) is 12.2. The van der Waals surface area contributed by atoms with Gasteiger partial charge in [0.1, 0.15) is 18.4 Å². The van der Waals surface area contributed by atoms with Gasteiger partial charge in [-0.1, -0.05) is 18.2 Å². The fourth-order valence-corrected chi connectivity index (χ4v) is 2.99. The Morgan fingerprint density at radius 2 is 1.86 bits per heavy atom. The molecule has 4 rings (SSSR count). The largest absolute Gasteiger partial charge is 0.497 e. The number of hydrogen-bond acceptors (Lipinski definition) is 3. The van der Waals surface area contributed by atoms with Gasteiger partial charge in [0.15, 0.2) is 0 Å². The first kappa shape index (κ1) is 12.8. The van der Waals surface area contributed by atoms with Gasteiger partial charge in [-0.05, 0) is 18.2 Å². The van der Waals surface area contributed by atoms with E-state index in [-0.39, 0.29) is 5.56 Å². The second-order valence-corrected chi connectivity index (χ2v) is 5.09. The second kappa shape index (κ2) is 4.53. The van der Waals surface area contributed by atoms with Gasteiger partial charge in [0.05, 0.1) is 12.6 Å². The maximum Gasteiger partial charge on any atom is 0.307 e. The van der Waals surface area contributed by atoms with Crippen molar-refractivity contribution in [2.45, 2.75) is 0 Å². The van der Waals surface area contributed by atoms with E-state index < -0.39 is 0 Å². The Bertz CT molecular complexity index is 1080. The normalized spacial score (nSPS) is 11.4. The molecule has 4 aromatic rings. The maximum absolute atomic E-state index is 12.7. The molecule has 22 heavy (non-hydrogen) atoms. The van der Waals surface area contributed by atoms with Gasteiger partial charge in [0, 0.05) is 27.7 Å². The molecule has 2 heterocycles. The molecular formula is C17H14N2O3. The number of aromatic amines is 1. The van der Waals surface area contributed by atoms with Gasteiger partial charge in [-0.2, -0.15) is 0 Å². The van der Waals surface area contributed by atoms with E-state index in [0.717, 1.165) is 21.7 Å². The van der Waals surface area contributed by atoms with Crippen LogP contribution in [0.2, 0.25) is 0 Å². The van der Waals surface area contributed by atoms with Crippen LogP contribution in [-0.4, -0.2) is 23.9 Å². The Kier molecular flexibility index (Phi) is 2.63. The Morgan fingerprint density at radius 1 is 1.05 bits per heavy atom. The predicted octanol–water partition coefficient (Wildman–Crippen LogP) is 2.70. The summed E-state index contributed by atoms with van der Waals surface area (Å²) in [5.74, 6) is 0.678. The van der Waals surface area contributed by atoms with E-state index in [1.54, 1.807) is 13.2 Å². The average molecular weight is 294 g/mol. The van der Waals surface area contributed by atoms with Crippen LogP contribution in [0.1, 0.15) is 0 Å². The van der Waals surface area contributed by atoms with E-state index in [4.69, 9.17) is 9.57 Å². The first-order chi connectivity index (χ1) is 10.7. The lowest BCUT2D eigenvalue weighted by Crippen LogP contribution is -2.25. The van der Waals surface area contributed by atoms with Crippen molar-refractivity contribution in [1.29, 1.82) is 0 Å². The molecule has 0 saturated carbocycles. The molecule has 5 nitrogen and oxygen atoms in total. The summed E-state index contributed by atoms with van der Waals surface area (Å²) < 4.78 is 6.55. The monoisotopic (exact) mass is 294 g/mol. The van der Waals surface area contributed by atoms with Gasteiger partial charge in [-0.25, -0.2) is 0 Å². The van der Waals surface area contributed by atoms with Crippen LogP contribution in [0.15, 0.2) is 47.3 Å². The summed E-state index contributed by atoms with van der Waals surface area (Å²) in [7, 11) is 3.08. The highest BCUT2D eigenvalue weighted by atomic mass is 16.6. The standard InChI is InChI=1S/C17H14N2O3/c1-21-10-7-8-12-14(9-10)19(22-2)17(20)16-15(12)11-5-3-4-6-13(11)18-16/h3-9,18H,1-2H3. The number of ether oxygens (including phenoxy) is 1. The molecule has 5 heteroatoms. The highest BCUT2D eigenvalue weighted by Gasteiger charge is 2.16. The number of para-hydroxylation sites is 1. The SMILES string of the molecule is COc1ccc2c3c([nH]c4ccccc43)c(=O)n(OC)c2c1. The van der Waals surface area contributed by atoms with Crippen LogP contribution in [0.25, 0.3) is 32.7 Å². The molecule has 0 fully saturated rings. The molecule has 0 unspecified atom stereocenters. The van der Waals surface area contributed by atoms with Crippen LogP contribution < -0.4 is 15.1 Å². The van der Waals surface area contributed by atoms with Crippen molar-refractivity contribution in [3.05, 3.63) is 52.8 Å². The highest BCUT2D eigenvalue weighted by molar-refractivity contribution is 6.19. The molecule has 2 aromatic carbocycles. The molecule has 0 spiro atoms. The second-order valence-electron chi connectivity index (χ2n) is 5.09. The predicted molar refractivity (Wildman–Crippen MR) is 86.6 cm³/mol. The highest BCUT2D eigenvalue weighted by Crippen LogP contribution is 2.31. The van der Waals surface area contributed by atoms with Crippen molar-refractivity contribution < 1.29 is 9.57 Å². The number of nitrogens with zero attached hydrogens (tertiary/aromatic N) is 1. The molecule has 0 atom stereocenters. The lowest BCUT2D eigenvalue weighted by Gasteiger charge is -2.10. The van der Waals surface area contributed by atoms with E-state index in [0.29, 0.717) is 16.8 Å². The van der Waals surface area contributed by atoms with Crippen molar-refractivity contribution in [3.8, 4) is 5.75 Å². The van der Waals surface area contributed by atoms with Crippen molar-refractivity contribution in [1.82, 2.24) is 9.71 Å². The number of pyridine rings is 1. The number of nitrogens with one attached hydrogen (secondary N) is 1. The van der Waals surface area contributed by atoms with Crippen LogP contribution in [0.3, 0.4) is 0 Å². The first-order valence-corrected chi connectivity index (χ1v) is 6.92. The van der Waals surface area contributed by atoms with E-state index in [1.807, 2.05) is 36.4 Å². The molecule has 2 aromatic heterocycles. The molecule has 0 bridgehead atoms. The van der Waals surface area contributed by atoms with Crippen molar-refractivity contribution in [2.75, 3.05) is 14.2 Å².